The minimum atomic E-state index is -0.684. The largest absolute Gasteiger partial charge is 0.409 e. The van der Waals surface area contributed by atoms with Crippen molar-refractivity contribution in [1.29, 1.82) is 0 Å². The van der Waals surface area contributed by atoms with Gasteiger partial charge in [-0.05, 0) is 36.8 Å². The van der Waals surface area contributed by atoms with Crippen molar-refractivity contribution in [2.24, 2.45) is 16.3 Å². The van der Waals surface area contributed by atoms with Crippen LogP contribution in [-0.4, -0.2) is 24.1 Å². The molecule has 1 heterocycles. The molecule has 21 heavy (non-hydrogen) atoms. The number of nitrogens with two attached hydrogens (primary N) is 1. The number of rotatable bonds is 2. The monoisotopic (exact) mass is 297 g/mol. The fraction of sp³-hybridized carbons (Fsp3) is 0.533. The van der Waals surface area contributed by atoms with Crippen LogP contribution in [-0.2, 0) is 0 Å². The molecule has 3 N–H and O–H groups in total. The summed E-state index contributed by atoms with van der Waals surface area (Å²) in [5.41, 5.74) is 5.57. The lowest BCUT2D eigenvalue weighted by Crippen LogP contribution is -2.27. The van der Waals surface area contributed by atoms with Gasteiger partial charge in [0, 0.05) is 18.7 Å². The smallest absolute Gasteiger partial charge is 0.170 e. The Balaban J connectivity index is 2.32. The summed E-state index contributed by atoms with van der Waals surface area (Å²) in [5.74, 6) is -1.68. The highest BCUT2D eigenvalue weighted by molar-refractivity contribution is 5.97. The zero-order chi connectivity index (χ0) is 15.6. The third-order valence-electron chi connectivity index (χ3n) is 4.08. The van der Waals surface area contributed by atoms with E-state index in [0.29, 0.717) is 13.1 Å². The van der Waals surface area contributed by atoms with Crippen LogP contribution in [0.3, 0.4) is 0 Å². The lowest BCUT2D eigenvalue weighted by molar-refractivity contribution is 0.318. The molecule has 0 amide bonds. The summed E-state index contributed by atoms with van der Waals surface area (Å²) < 4.78 is 28.5. The molecular weight excluding hydrogens is 276 g/mol. The third kappa shape index (κ3) is 3.43. The molecule has 0 aliphatic carbocycles. The Kier molecular flexibility index (Phi) is 4.34. The van der Waals surface area contributed by atoms with Crippen molar-refractivity contribution in [1.82, 2.24) is 0 Å². The van der Waals surface area contributed by atoms with Crippen LogP contribution >= 0.6 is 0 Å². The van der Waals surface area contributed by atoms with E-state index in [2.05, 4.69) is 19.0 Å². The van der Waals surface area contributed by atoms with Crippen molar-refractivity contribution in [2.75, 3.05) is 18.0 Å². The van der Waals surface area contributed by atoms with E-state index in [1.807, 2.05) is 0 Å². The van der Waals surface area contributed by atoms with E-state index in [-0.39, 0.29) is 22.5 Å². The van der Waals surface area contributed by atoms with E-state index in [0.717, 1.165) is 31.4 Å². The maximum Gasteiger partial charge on any atom is 0.170 e. The Bertz CT molecular complexity index is 535. The predicted octanol–water partition coefficient (Wildman–Crippen LogP) is 3.08. The minimum Gasteiger partial charge on any atom is -0.409 e. The van der Waals surface area contributed by atoms with E-state index < -0.39 is 11.6 Å². The van der Waals surface area contributed by atoms with E-state index in [1.165, 1.54) is 0 Å². The van der Waals surface area contributed by atoms with Crippen LogP contribution in [0.25, 0.3) is 0 Å². The van der Waals surface area contributed by atoms with Gasteiger partial charge in [0.25, 0.3) is 0 Å². The van der Waals surface area contributed by atoms with Crippen LogP contribution in [0.15, 0.2) is 17.3 Å². The summed E-state index contributed by atoms with van der Waals surface area (Å²) in [7, 11) is 0. The number of anilines is 1. The van der Waals surface area contributed by atoms with Crippen molar-refractivity contribution < 1.29 is 14.0 Å². The topological polar surface area (TPSA) is 61.8 Å². The highest BCUT2D eigenvalue weighted by Gasteiger charge is 2.26. The molecule has 1 aromatic rings. The Morgan fingerprint density at radius 2 is 1.86 bits per heavy atom. The summed E-state index contributed by atoms with van der Waals surface area (Å²) in [6.07, 6.45) is 2.82. The van der Waals surface area contributed by atoms with Gasteiger partial charge in [0.05, 0.1) is 0 Å². The molecule has 1 aliphatic rings. The quantitative estimate of drug-likeness (QED) is 0.382. The predicted molar refractivity (Wildman–Crippen MR) is 78.7 cm³/mol. The van der Waals surface area contributed by atoms with Crippen LogP contribution < -0.4 is 10.6 Å². The average Bonchev–Trinajstić information content (AvgIpc) is 2.58. The molecule has 2 rings (SSSR count). The van der Waals surface area contributed by atoms with E-state index in [9.17, 15) is 8.78 Å². The summed E-state index contributed by atoms with van der Waals surface area (Å²) in [6.45, 7) is 5.58. The molecule has 0 atom stereocenters. The number of oxime groups is 1. The molecule has 0 radical (unpaired) electrons. The van der Waals surface area contributed by atoms with Gasteiger partial charge in [0.1, 0.15) is 17.3 Å². The second kappa shape index (κ2) is 5.87. The van der Waals surface area contributed by atoms with Crippen LogP contribution in [0.2, 0.25) is 0 Å². The standard InChI is InChI=1S/C15H21F2N3O/c1-15(2)4-3-6-20(7-5-15)13-11(16)8-10(9-12(13)17)14(18)19-21/h8-9,21H,3-7H2,1-2H3,(H2,18,19). The Morgan fingerprint density at radius 1 is 1.24 bits per heavy atom. The fourth-order valence-corrected chi connectivity index (χ4v) is 2.72. The molecule has 1 saturated heterocycles. The molecule has 4 nitrogen and oxygen atoms in total. The third-order valence-corrected chi connectivity index (χ3v) is 4.08. The first-order valence-corrected chi connectivity index (χ1v) is 7.06. The van der Waals surface area contributed by atoms with Gasteiger partial charge in [-0.15, -0.1) is 0 Å². The molecule has 0 bridgehead atoms. The summed E-state index contributed by atoms with van der Waals surface area (Å²) >= 11 is 0. The van der Waals surface area contributed by atoms with Crippen molar-refractivity contribution in [3.63, 3.8) is 0 Å². The van der Waals surface area contributed by atoms with Crippen molar-refractivity contribution in [2.45, 2.75) is 33.1 Å². The van der Waals surface area contributed by atoms with E-state index in [1.54, 1.807) is 4.90 Å². The normalized spacial score (nSPS) is 19.4. The van der Waals surface area contributed by atoms with Gasteiger partial charge in [0.15, 0.2) is 5.84 Å². The zero-order valence-electron chi connectivity index (χ0n) is 12.4. The molecule has 6 heteroatoms. The molecule has 1 aromatic carbocycles. The van der Waals surface area contributed by atoms with Crippen LogP contribution in [0, 0.1) is 17.0 Å². The van der Waals surface area contributed by atoms with Crippen molar-refractivity contribution in [3.8, 4) is 0 Å². The second-order valence-electron chi connectivity index (χ2n) is 6.28. The second-order valence-corrected chi connectivity index (χ2v) is 6.28. The molecule has 1 aliphatic heterocycles. The molecule has 0 aromatic heterocycles. The van der Waals surface area contributed by atoms with E-state index >= 15 is 0 Å². The van der Waals surface area contributed by atoms with Gasteiger partial charge in [-0.1, -0.05) is 19.0 Å². The average molecular weight is 297 g/mol. The number of halogens is 2. The fourth-order valence-electron chi connectivity index (χ4n) is 2.72. The lowest BCUT2D eigenvalue weighted by Gasteiger charge is -2.25. The number of nitrogens with zero attached hydrogens (tertiary/aromatic N) is 2. The molecular formula is C15H21F2N3O. The van der Waals surface area contributed by atoms with Gasteiger partial charge < -0.3 is 15.8 Å². The number of amidine groups is 1. The van der Waals surface area contributed by atoms with Crippen molar-refractivity contribution in [3.05, 3.63) is 29.3 Å². The maximum absolute atomic E-state index is 14.2. The van der Waals surface area contributed by atoms with E-state index in [4.69, 9.17) is 10.9 Å². The van der Waals surface area contributed by atoms with Gasteiger partial charge >= 0.3 is 0 Å². The minimum absolute atomic E-state index is 0.0258. The first-order valence-electron chi connectivity index (χ1n) is 7.06. The number of hydrogen-bond acceptors (Lipinski definition) is 3. The Labute approximate surface area is 123 Å². The summed E-state index contributed by atoms with van der Waals surface area (Å²) in [4.78, 5) is 1.75. The van der Waals surface area contributed by atoms with Gasteiger partial charge in [-0.25, -0.2) is 8.78 Å². The molecule has 0 saturated carbocycles. The highest BCUT2D eigenvalue weighted by atomic mass is 19.1. The first kappa shape index (κ1) is 15.5. The molecule has 0 spiro atoms. The van der Waals surface area contributed by atoms with Gasteiger partial charge in [-0.3, -0.25) is 0 Å². The summed E-state index contributed by atoms with van der Waals surface area (Å²) in [5, 5.41) is 11.4. The molecule has 1 fully saturated rings. The van der Waals surface area contributed by atoms with Crippen LogP contribution in [0.5, 0.6) is 0 Å². The first-order chi connectivity index (χ1) is 9.84. The number of benzene rings is 1. The van der Waals surface area contributed by atoms with Crippen LogP contribution in [0.4, 0.5) is 14.5 Å². The maximum atomic E-state index is 14.2. The lowest BCUT2D eigenvalue weighted by atomic mass is 9.85. The van der Waals surface area contributed by atoms with Gasteiger partial charge in [-0.2, -0.15) is 0 Å². The molecule has 0 unspecified atom stereocenters. The molecule has 116 valence electrons. The number of hydrogen-bond donors (Lipinski definition) is 2. The zero-order valence-corrected chi connectivity index (χ0v) is 12.4. The Morgan fingerprint density at radius 3 is 2.43 bits per heavy atom. The van der Waals surface area contributed by atoms with Gasteiger partial charge in [0.2, 0.25) is 0 Å². The Hall–Kier alpha value is -1.85. The summed E-state index contributed by atoms with van der Waals surface area (Å²) in [6, 6.07) is 2.20. The highest BCUT2D eigenvalue weighted by Crippen LogP contribution is 2.33. The van der Waals surface area contributed by atoms with Crippen LogP contribution in [0.1, 0.15) is 38.7 Å². The SMILES string of the molecule is CC1(C)CCCN(c2c(F)cc(C(N)=NO)cc2F)CC1. The van der Waals surface area contributed by atoms with Crippen molar-refractivity contribution >= 4 is 11.5 Å².